The Bertz CT molecular complexity index is 1780. The summed E-state index contributed by atoms with van der Waals surface area (Å²) in [7, 11) is 2.39. The van der Waals surface area contributed by atoms with Crippen molar-refractivity contribution in [2.45, 2.75) is 186 Å². The molecule has 18 heteroatoms. The van der Waals surface area contributed by atoms with Crippen LogP contribution in [-0.2, 0) is 71.4 Å². The molecule has 6 bridgehead atoms. The Morgan fingerprint density at radius 3 is 2.14 bits per heavy atom. The molecule has 0 saturated carbocycles. The number of aliphatic hydroxyl groups is 3. The van der Waals surface area contributed by atoms with Crippen LogP contribution in [0.25, 0.3) is 0 Å². The van der Waals surface area contributed by atoms with Crippen LogP contribution >= 0.6 is 0 Å². The quantitative estimate of drug-likeness (QED) is 0.136. The molecule has 3 saturated heterocycles. The van der Waals surface area contributed by atoms with E-state index in [1.165, 1.54) is 27.0 Å². The molecule has 0 aromatic carbocycles. The van der Waals surface area contributed by atoms with Crippen LogP contribution < -0.4 is 0 Å². The van der Waals surface area contributed by atoms with Crippen molar-refractivity contribution < 1.29 is 86.7 Å². The van der Waals surface area contributed by atoms with E-state index in [-0.39, 0.29) is 56.9 Å². The minimum absolute atomic E-state index is 0.0696. The summed E-state index contributed by atoms with van der Waals surface area (Å²) < 4.78 is 52.2. The molecule has 4 heterocycles. The largest absolute Gasteiger partial charge is 0.466 e. The van der Waals surface area contributed by atoms with Crippen LogP contribution in [0, 0.1) is 10.8 Å². The summed E-state index contributed by atoms with van der Waals surface area (Å²) in [6.45, 7) is 12.2. The molecular formula is C45H66O18. The number of aliphatic hydroxyl groups excluding tert-OH is 1. The predicted octanol–water partition coefficient (Wildman–Crippen LogP) is 3.74. The second kappa shape index (κ2) is 21.2. The fourth-order valence-electron chi connectivity index (χ4n) is 8.66. The van der Waals surface area contributed by atoms with E-state index < -0.39 is 120 Å². The lowest BCUT2D eigenvalue weighted by Crippen LogP contribution is -2.62. The van der Waals surface area contributed by atoms with Crippen LogP contribution in [0.4, 0.5) is 0 Å². The first-order chi connectivity index (χ1) is 29.3. The van der Waals surface area contributed by atoms with Gasteiger partial charge in [-0.2, -0.15) is 0 Å². The summed E-state index contributed by atoms with van der Waals surface area (Å²) in [5.74, 6) is -8.83. The third-order valence-electron chi connectivity index (χ3n) is 12.3. The zero-order valence-electron chi connectivity index (χ0n) is 38.0. The average molecular weight is 895 g/mol. The van der Waals surface area contributed by atoms with Crippen molar-refractivity contribution in [3.63, 3.8) is 0 Å². The van der Waals surface area contributed by atoms with E-state index in [1.54, 1.807) is 39.8 Å². The maximum Gasteiger partial charge on any atom is 0.330 e. The summed E-state index contributed by atoms with van der Waals surface area (Å²) in [5, 5.41) is 36.7. The molecule has 18 nitrogen and oxygen atoms in total. The molecule has 11 atom stereocenters. The van der Waals surface area contributed by atoms with Gasteiger partial charge in [0.1, 0.15) is 18.3 Å². The van der Waals surface area contributed by atoms with Crippen LogP contribution in [0.1, 0.15) is 120 Å². The number of methoxy groups -OCH3 is 2. The highest BCUT2D eigenvalue weighted by Gasteiger charge is 2.59. The number of fused-ring (bicyclic) bond motifs is 6. The Kier molecular flexibility index (Phi) is 17.3. The Morgan fingerprint density at radius 1 is 0.857 bits per heavy atom. The van der Waals surface area contributed by atoms with Gasteiger partial charge < -0.3 is 58.0 Å². The van der Waals surface area contributed by atoms with Gasteiger partial charge >= 0.3 is 35.8 Å². The number of rotatable bonds is 8. The zero-order chi connectivity index (χ0) is 47.1. The lowest BCUT2D eigenvalue weighted by molar-refractivity contribution is -0.348. The van der Waals surface area contributed by atoms with Gasteiger partial charge in [0.25, 0.3) is 0 Å². The molecule has 3 N–H and O–H groups in total. The molecular weight excluding hydrogens is 828 g/mol. The van der Waals surface area contributed by atoms with Crippen molar-refractivity contribution in [1.29, 1.82) is 0 Å². The van der Waals surface area contributed by atoms with Gasteiger partial charge in [-0.15, -0.1) is 0 Å². The van der Waals surface area contributed by atoms with E-state index in [0.29, 0.717) is 12.0 Å². The zero-order valence-corrected chi connectivity index (χ0v) is 38.0. The smallest absolute Gasteiger partial charge is 0.330 e. The summed E-state index contributed by atoms with van der Waals surface area (Å²) in [6.07, 6.45) is -4.50. The van der Waals surface area contributed by atoms with E-state index in [2.05, 4.69) is 0 Å². The Hall–Kier alpha value is -4.20. The molecule has 0 spiro atoms. The lowest BCUT2D eigenvalue weighted by Gasteiger charge is -2.53. The topological polar surface area (TPSA) is 246 Å². The normalized spacial score (nSPS) is 35.8. The number of hydrogen-bond acceptors (Lipinski definition) is 18. The van der Waals surface area contributed by atoms with Crippen molar-refractivity contribution in [1.82, 2.24) is 0 Å². The molecule has 0 amide bonds. The highest BCUT2D eigenvalue weighted by Crippen LogP contribution is 2.50. The van der Waals surface area contributed by atoms with E-state index in [0.717, 1.165) is 20.1 Å². The monoisotopic (exact) mass is 894 g/mol. The van der Waals surface area contributed by atoms with Crippen molar-refractivity contribution in [2.24, 2.45) is 10.8 Å². The van der Waals surface area contributed by atoms with Gasteiger partial charge in [0, 0.05) is 63.5 Å². The number of carbonyl (C=O) groups is 6. The second-order valence-corrected chi connectivity index (χ2v) is 18.1. The number of hydrogen-bond donors (Lipinski definition) is 3. The minimum Gasteiger partial charge on any atom is -0.466 e. The van der Waals surface area contributed by atoms with Crippen LogP contribution in [0.15, 0.2) is 35.5 Å². The van der Waals surface area contributed by atoms with Crippen LogP contribution in [0.2, 0.25) is 0 Å². The first-order valence-corrected chi connectivity index (χ1v) is 21.5. The fraction of sp³-hybridized carbons (Fsp3) is 0.733. The van der Waals surface area contributed by atoms with Gasteiger partial charge in [-0.25, -0.2) is 9.59 Å². The summed E-state index contributed by atoms with van der Waals surface area (Å²) in [4.78, 5) is 76.7. The van der Waals surface area contributed by atoms with E-state index in [1.807, 2.05) is 6.92 Å². The Morgan fingerprint density at radius 2 is 1.52 bits per heavy atom. The molecule has 0 aliphatic carbocycles. The molecule has 4 aliphatic rings. The van der Waals surface area contributed by atoms with Crippen LogP contribution in [0.3, 0.4) is 0 Å². The van der Waals surface area contributed by atoms with E-state index >= 15 is 0 Å². The number of cyclic esters (lactones) is 1. The Balaban J connectivity index is 1.91. The van der Waals surface area contributed by atoms with Gasteiger partial charge in [0.2, 0.25) is 5.79 Å². The molecule has 63 heavy (non-hydrogen) atoms. The molecule has 4 rings (SSSR count). The van der Waals surface area contributed by atoms with Crippen molar-refractivity contribution in [2.75, 3.05) is 14.2 Å². The molecule has 354 valence electrons. The van der Waals surface area contributed by atoms with Gasteiger partial charge in [-0.3, -0.25) is 19.2 Å². The minimum atomic E-state index is -2.44. The van der Waals surface area contributed by atoms with Crippen molar-refractivity contribution >= 4 is 35.8 Å². The Labute approximate surface area is 368 Å². The number of ether oxygens (including phenoxy) is 9. The molecule has 0 aromatic rings. The summed E-state index contributed by atoms with van der Waals surface area (Å²) >= 11 is 0. The third-order valence-corrected chi connectivity index (χ3v) is 12.3. The van der Waals surface area contributed by atoms with E-state index in [9.17, 15) is 44.1 Å². The average Bonchev–Trinajstić information content (AvgIpc) is 3.16. The van der Waals surface area contributed by atoms with Gasteiger partial charge in [0.15, 0.2) is 11.9 Å². The second-order valence-electron chi connectivity index (χ2n) is 18.1. The van der Waals surface area contributed by atoms with Gasteiger partial charge in [-0.05, 0) is 38.2 Å². The van der Waals surface area contributed by atoms with Crippen LogP contribution in [0.5, 0.6) is 0 Å². The standard InChI is InChI=1S/C45H66O18/c1-11-12-37(49)61-36-23-33-20-30(48)21-40(52)60-35(25(2)57-26(3)46)22-32-18-29(19-39(51)56-10)41(58-27(4)47)45(54,63-32)42(5,6)14-13-31-15-28(17-38(50)55-9)16-34(59-31)24-44(53,62-33)43(36,7)8/h13-14,17,19,25,30-36,41,48,53-54H,11-12,15-16,18,20-24H2,1-10H3/b14-13-,28-17+,29-19+/t25-,30-,31+,32+,33-,34+,35-,36+,41+,44+,45-/m1/s1. The molecule has 4 aliphatic heterocycles. The fourth-order valence-corrected chi connectivity index (χ4v) is 8.66. The molecule has 3 fully saturated rings. The van der Waals surface area contributed by atoms with Crippen molar-refractivity contribution in [3.05, 3.63) is 35.5 Å². The lowest BCUT2D eigenvalue weighted by atomic mass is 9.70. The first-order valence-electron chi connectivity index (χ1n) is 21.5. The van der Waals surface area contributed by atoms with Gasteiger partial charge in [0.05, 0.1) is 56.6 Å². The highest BCUT2D eigenvalue weighted by molar-refractivity contribution is 5.83. The molecule has 0 aromatic heterocycles. The molecule has 0 radical (unpaired) electrons. The highest BCUT2D eigenvalue weighted by atomic mass is 16.7. The van der Waals surface area contributed by atoms with Gasteiger partial charge in [-0.1, -0.05) is 52.3 Å². The van der Waals surface area contributed by atoms with Crippen LogP contribution in [-0.4, -0.2) is 132 Å². The summed E-state index contributed by atoms with van der Waals surface area (Å²) in [6, 6.07) is 0. The maximum atomic E-state index is 13.6. The molecule has 0 unspecified atom stereocenters. The first kappa shape index (κ1) is 51.4. The third kappa shape index (κ3) is 13.0. The number of carbonyl (C=O) groups excluding carboxylic acids is 6. The van der Waals surface area contributed by atoms with E-state index in [4.69, 9.17) is 42.6 Å². The summed E-state index contributed by atoms with van der Waals surface area (Å²) in [5.41, 5.74) is -2.05. The van der Waals surface area contributed by atoms with Crippen molar-refractivity contribution in [3.8, 4) is 0 Å². The maximum absolute atomic E-state index is 13.6. The predicted molar refractivity (Wildman–Crippen MR) is 220 cm³/mol. The number of esters is 6. The SMILES string of the molecule is CCCC(=O)O[C@H]1C[C@H]2C[C@@H](O)CC(=O)O[C@@H]([C@@H](C)OC(C)=O)C[C@@H]3C/C(=C\C(=O)OC)[C@H](OC(C)=O)[C@@](O)(O3)C(C)(C)/C=C\[C@H]3C/C(=C\C(=O)OC)C[C@@H](C[C@](O)(O2)C1(C)C)O3.